The van der Waals surface area contributed by atoms with E-state index in [1.54, 1.807) is 12.1 Å². The van der Waals surface area contributed by atoms with E-state index in [-0.39, 0.29) is 17.9 Å². The van der Waals surface area contributed by atoms with Crippen molar-refractivity contribution < 1.29 is 19.5 Å². The monoisotopic (exact) mass is 422 g/mol. The van der Waals surface area contributed by atoms with Crippen molar-refractivity contribution in [2.24, 2.45) is 0 Å². The van der Waals surface area contributed by atoms with Crippen LogP contribution in [0.25, 0.3) is 12.2 Å². The first-order chi connectivity index (χ1) is 14.8. The van der Waals surface area contributed by atoms with E-state index in [2.05, 4.69) is 24.3 Å². The zero-order valence-corrected chi connectivity index (χ0v) is 18.2. The van der Waals surface area contributed by atoms with Gasteiger partial charge in [0, 0.05) is 23.7 Å². The molecule has 0 aliphatic rings. The molecular formula is C25H30N2O4. The summed E-state index contributed by atoms with van der Waals surface area (Å²) in [5, 5.41) is 27.1. The minimum Gasteiger partial charge on any atom is -0.508 e. The fourth-order valence-electron chi connectivity index (χ4n) is 3.21. The quantitative estimate of drug-likeness (QED) is 0.454. The normalized spacial score (nSPS) is 12.9. The number of phenols is 1. The van der Waals surface area contributed by atoms with Gasteiger partial charge in [-0.05, 0) is 63.1 Å². The summed E-state index contributed by atoms with van der Waals surface area (Å²) < 4.78 is 11.1. The Morgan fingerprint density at radius 1 is 1.13 bits per heavy atom. The van der Waals surface area contributed by atoms with Crippen molar-refractivity contribution in [1.29, 1.82) is 0 Å². The molecule has 1 unspecified atom stereocenters. The van der Waals surface area contributed by atoms with E-state index in [1.807, 2.05) is 61.5 Å². The largest absolute Gasteiger partial charge is 0.508 e. The van der Waals surface area contributed by atoms with Crippen LogP contribution in [0.15, 0.2) is 59.1 Å². The minimum absolute atomic E-state index is 0.175. The van der Waals surface area contributed by atoms with Crippen LogP contribution in [0.4, 0.5) is 0 Å². The summed E-state index contributed by atoms with van der Waals surface area (Å²) in [4.78, 5) is 0. The maximum atomic E-state index is 10.4. The van der Waals surface area contributed by atoms with Crippen molar-refractivity contribution in [2.75, 3.05) is 13.2 Å². The lowest BCUT2D eigenvalue weighted by atomic mass is 9.94. The van der Waals surface area contributed by atoms with Crippen LogP contribution in [0.2, 0.25) is 0 Å². The van der Waals surface area contributed by atoms with Crippen LogP contribution in [0.5, 0.6) is 11.5 Å². The van der Waals surface area contributed by atoms with Crippen LogP contribution in [-0.2, 0) is 6.42 Å². The summed E-state index contributed by atoms with van der Waals surface area (Å²) in [6.07, 6.45) is 3.86. The molecule has 3 N–H and O–H groups in total. The second kappa shape index (κ2) is 10.3. The molecule has 1 aromatic heterocycles. The molecule has 0 spiro atoms. The second-order valence-electron chi connectivity index (χ2n) is 8.31. The zero-order chi connectivity index (χ0) is 22.3. The number of ether oxygens (including phenoxy) is 1. The predicted molar refractivity (Wildman–Crippen MR) is 122 cm³/mol. The first kappa shape index (κ1) is 22.6. The number of aromatic nitrogens is 1. The number of β-amino-alcohol motifs (C(OH)–C–C–N with tert-alkyl or cyclic N) is 1. The SMILES string of the molecule is Cc1cc(C=Cc2ccccc2OCC(O)CNC(C)(C)Cc2ccc(O)cc2)on1. The lowest BCUT2D eigenvalue weighted by Crippen LogP contribution is -2.46. The van der Waals surface area contributed by atoms with Crippen LogP contribution in [0, 0.1) is 6.92 Å². The molecule has 3 rings (SSSR count). The molecular weight excluding hydrogens is 392 g/mol. The molecule has 0 saturated carbocycles. The fourth-order valence-corrected chi connectivity index (χ4v) is 3.21. The Kier molecular flexibility index (Phi) is 7.50. The lowest BCUT2D eigenvalue weighted by molar-refractivity contribution is 0.0987. The number of rotatable bonds is 10. The van der Waals surface area contributed by atoms with E-state index < -0.39 is 6.10 Å². The summed E-state index contributed by atoms with van der Waals surface area (Å²) in [5.74, 6) is 1.62. The maximum Gasteiger partial charge on any atom is 0.159 e. The number of hydrogen-bond donors (Lipinski definition) is 3. The van der Waals surface area contributed by atoms with E-state index in [4.69, 9.17) is 9.26 Å². The summed E-state index contributed by atoms with van der Waals surface area (Å²) in [6, 6.07) is 16.7. The van der Waals surface area contributed by atoms with Crippen LogP contribution in [-0.4, -0.2) is 40.2 Å². The van der Waals surface area contributed by atoms with Gasteiger partial charge in [-0.1, -0.05) is 35.5 Å². The predicted octanol–water partition coefficient (Wildman–Crippen LogP) is 4.21. The van der Waals surface area contributed by atoms with Gasteiger partial charge in [-0.25, -0.2) is 0 Å². The highest BCUT2D eigenvalue weighted by Crippen LogP contribution is 2.21. The van der Waals surface area contributed by atoms with Crippen molar-refractivity contribution in [2.45, 2.75) is 38.8 Å². The van der Waals surface area contributed by atoms with Gasteiger partial charge in [0.25, 0.3) is 0 Å². The van der Waals surface area contributed by atoms with Gasteiger partial charge >= 0.3 is 0 Å². The number of aromatic hydroxyl groups is 1. The number of aliphatic hydroxyl groups excluding tert-OH is 1. The lowest BCUT2D eigenvalue weighted by Gasteiger charge is -2.28. The van der Waals surface area contributed by atoms with Gasteiger partial charge in [0.2, 0.25) is 0 Å². The number of aryl methyl sites for hydroxylation is 1. The van der Waals surface area contributed by atoms with E-state index in [9.17, 15) is 10.2 Å². The highest BCUT2D eigenvalue weighted by atomic mass is 16.5. The van der Waals surface area contributed by atoms with E-state index in [0.717, 1.165) is 23.2 Å². The molecule has 164 valence electrons. The van der Waals surface area contributed by atoms with Crippen molar-refractivity contribution >= 4 is 12.2 Å². The number of nitrogens with one attached hydrogen (secondary N) is 1. The highest BCUT2D eigenvalue weighted by Gasteiger charge is 2.19. The number of nitrogens with zero attached hydrogens (tertiary/aromatic N) is 1. The Labute approximate surface area is 183 Å². The third-order valence-electron chi connectivity index (χ3n) is 4.82. The van der Waals surface area contributed by atoms with Crippen LogP contribution in [0.3, 0.4) is 0 Å². The van der Waals surface area contributed by atoms with E-state index >= 15 is 0 Å². The summed E-state index contributed by atoms with van der Waals surface area (Å²) in [5.41, 5.74) is 2.62. The molecule has 6 nitrogen and oxygen atoms in total. The molecule has 0 radical (unpaired) electrons. The molecule has 1 heterocycles. The molecule has 6 heteroatoms. The van der Waals surface area contributed by atoms with Crippen LogP contribution in [0.1, 0.15) is 36.4 Å². The molecule has 0 fully saturated rings. The molecule has 1 atom stereocenters. The van der Waals surface area contributed by atoms with Gasteiger partial charge in [-0.15, -0.1) is 0 Å². The Bertz CT molecular complexity index is 993. The highest BCUT2D eigenvalue weighted by molar-refractivity contribution is 5.70. The first-order valence-corrected chi connectivity index (χ1v) is 10.3. The molecule has 0 amide bonds. The fraction of sp³-hybridized carbons (Fsp3) is 0.320. The average molecular weight is 423 g/mol. The number of benzene rings is 2. The standard InChI is InChI=1S/C25H30N2O4/c1-18-14-23(31-27-18)13-10-20-6-4-5-7-24(20)30-17-22(29)16-26-25(2,3)15-19-8-11-21(28)12-9-19/h4-14,22,26,28-29H,15-17H2,1-3H3. The first-order valence-electron chi connectivity index (χ1n) is 10.3. The molecule has 2 aromatic carbocycles. The Morgan fingerprint density at radius 2 is 1.87 bits per heavy atom. The smallest absolute Gasteiger partial charge is 0.159 e. The Morgan fingerprint density at radius 3 is 2.58 bits per heavy atom. The van der Waals surface area contributed by atoms with Gasteiger partial charge in [-0.2, -0.15) is 0 Å². The summed E-state index contributed by atoms with van der Waals surface area (Å²) in [6.45, 7) is 6.62. The average Bonchev–Trinajstić information content (AvgIpc) is 3.16. The maximum absolute atomic E-state index is 10.4. The number of phenolic OH excluding ortho intramolecular Hbond substituents is 1. The van der Waals surface area contributed by atoms with Crippen molar-refractivity contribution in [3.05, 3.63) is 77.2 Å². The molecule has 0 bridgehead atoms. The number of aliphatic hydroxyl groups is 1. The summed E-state index contributed by atoms with van der Waals surface area (Å²) >= 11 is 0. The number of hydrogen-bond acceptors (Lipinski definition) is 6. The molecule has 0 aliphatic carbocycles. The zero-order valence-electron chi connectivity index (χ0n) is 18.2. The van der Waals surface area contributed by atoms with Gasteiger partial charge in [0.05, 0.1) is 5.69 Å². The third kappa shape index (κ3) is 7.27. The second-order valence-corrected chi connectivity index (χ2v) is 8.31. The topological polar surface area (TPSA) is 87.8 Å². The molecule has 31 heavy (non-hydrogen) atoms. The molecule has 3 aromatic rings. The summed E-state index contributed by atoms with van der Waals surface area (Å²) in [7, 11) is 0. The van der Waals surface area contributed by atoms with Gasteiger partial charge in [0.15, 0.2) is 5.76 Å². The Balaban J connectivity index is 1.50. The minimum atomic E-state index is -0.659. The van der Waals surface area contributed by atoms with Crippen LogP contribution < -0.4 is 10.1 Å². The van der Waals surface area contributed by atoms with Gasteiger partial charge < -0.3 is 24.8 Å². The van der Waals surface area contributed by atoms with Gasteiger partial charge in [-0.3, -0.25) is 0 Å². The Hall–Kier alpha value is -3.09. The van der Waals surface area contributed by atoms with E-state index in [1.165, 1.54) is 0 Å². The molecule has 0 saturated heterocycles. The van der Waals surface area contributed by atoms with Crippen molar-refractivity contribution in [3.8, 4) is 11.5 Å². The van der Waals surface area contributed by atoms with Crippen LogP contribution >= 0.6 is 0 Å². The van der Waals surface area contributed by atoms with Crippen molar-refractivity contribution in [1.82, 2.24) is 10.5 Å². The van der Waals surface area contributed by atoms with E-state index in [0.29, 0.717) is 18.1 Å². The number of para-hydroxylation sites is 1. The van der Waals surface area contributed by atoms with Crippen molar-refractivity contribution in [3.63, 3.8) is 0 Å². The third-order valence-corrected chi connectivity index (χ3v) is 4.82. The molecule has 0 aliphatic heterocycles. The van der Waals surface area contributed by atoms with Gasteiger partial charge in [0.1, 0.15) is 24.2 Å².